The van der Waals surface area contributed by atoms with Crippen LogP contribution >= 0.6 is 45.3 Å². The summed E-state index contributed by atoms with van der Waals surface area (Å²) >= 11 is 7.36. The van der Waals surface area contributed by atoms with Gasteiger partial charge in [-0.25, -0.2) is 0 Å². The van der Waals surface area contributed by atoms with Crippen LogP contribution in [0.5, 0.6) is 0 Å². The lowest BCUT2D eigenvalue weighted by Crippen LogP contribution is -1.99. The molecule has 0 aliphatic carbocycles. The number of thiophene rings is 4. The molecule has 8 rings (SSSR count). The summed E-state index contributed by atoms with van der Waals surface area (Å²) in [5, 5.41) is 3.64. The molecule has 6 aromatic heterocycles. The Hall–Kier alpha value is -4.40. The first-order valence-electron chi connectivity index (χ1n) is 15.6. The van der Waals surface area contributed by atoms with Crippen LogP contribution in [0.4, 0.5) is 11.4 Å². The van der Waals surface area contributed by atoms with Gasteiger partial charge in [0.1, 0.15) is 0 Å². The Morgan fingerprint density at radius 1 is 0.340 bits per heavy atom. The second-order valence-electron chi connectivity index (χ2n) is 11.7. The number of hydrogen-bond acceptors (Lipinski definition) is 5. The minimum absolute atomic E-state index is 1.06. The summed E-state index contributed by atoms with van der Waals surface area (Å²) in [5.41, 5.74) is 9.30. The van der Waals surface area contributed by atoms with Crippen LogP contribution in [0.25, 0.3) is 53.7 Å². The number of anilines is 2. The SMILES string of the molecule is Cc1ccc(-c2ccc(-c3ccc(C)s3)n2-c2ccc(Nc3ccc(-n4c(-c5ccc(C)s5)ccc4-c4ccc(C)s4)cc3)cc2)s1. The van der Waals surface area contributed by atoms with Crippen molar-refractivity contribution >= 4 is 56.7 Å². The average Bonchev–Trinajstić information content (AvgIpc) is 3.91. The maximum Gasteiger partial charge on any atom is 0.0635 e. The van der Waals surface area contributed by atoms with Crippen molar-refractivity contribution in [2.75, 3.05) is 5.32 Å². The topological polar surface area (TPSA) is 21.9 Å². The predicted octanol–water partition coefficient (Wildman–Crippen LogP) is 13.2. The quantitative estimate of drug-likeness (QED) is 0.169. The Morgan fingerprint density at radius 2 is 0.617 bits per heavy atom. The van der Waals surface area contributed by atoms with E-state index in [0.717, 1.165) is 22.7 Å². The van der Waals surface area contributed by atoms with Gasteiger partial charge in [0.15, 0.2) is 0 Å². The van der Waals surface area contributed by atoms with Crippen molar-refractivity contribution in [3.8, 4) is 53.7 Å². The Labute approximate surface area is 291 Å². The van der Waals surface area contributed by atoms with Crippen molar-refractivity contribution in [3.05, 3.63) is 141 Å². The van der Waals surface area contributed by atoms with E-state index < -0.39 is 0 Å². The van der Waals surface area contributed by atoms with Gasteiger partial charge in [0.2, 0.25) is 0 Å². The summed E-state index contributed by atoms with van der Waals surface area (Å²) in [6.45, 7) is 8.68. The van der Waals surface area contributed by atoms with E-state index in [1.165, 1.54) is 61.8 Å². The predicted molar refractivity (Wildman–Crippen MR) is 207 cm³/mol. The fourth-order valence-corrected chi connectivity index (χ4v) is 9.57. The number of aryl methyl sites for hydroxylation is 4. The van der Waals surface area contributed by atoms with Crippen molar-refractivity contribution < 1.29 is 0 Å². The van der Waals surface area contributed by atoms with Crippen LogP contribution in [0.3, 0.4) is 0 Å². The molecule has 0 radical (unpaired) electrons. The number of aromatic nitrogens is 2. The van der Waals surface area contributed by atoms with Gasteiger partial charge in [-0.05, 0) is 149 Å². The van der Waals surface area contributed by atoms with E-state index in [0.29, 0.717) is 0 Å². The minimum Gasteiger partial charge on any atom is -0.356 e. The van der Waals surface area contributed by atoms with E-state index in [1.807, 2.05) is 45.3 Å². The number of nitrogens with one attached hydrogen (secondary N) is 1. The molecule has 1 N–H and O–H groups in total. The molecule has 0 unspecified atom stereocenters. The molecular formula is C40H33N3S4. The Balaban J connectivity index is 1.09. The first-order chi connectivity index (χ1) is 22.9. The molecule has 3 nitrogen and oxygen atoms in total. The lowest BCUT2D eigenvalue weighted by Gasteiger charge is -2.15. The van der Waals surface area contributed by atoms with Gasteiger partial charge in [0.05, 0.1) is 42.3 Å². The van der Waals surface area contributed by atoms with Crippen LogP contribution < -0.4 is 5.32 Å². The molecule has 0 saturated heterocycles. The largest absolute Gasteiger partial charge is 0.356 e. The molecule has 0 spiro atoms. The van der Waals surface area contributed by atoms with Crippen molar-refractivity contribution in [2.24, 2.45) is 0 Å². The average molecular weight is 684 g/mol. The van der Waals surface area contributed by atoms with Crippen LogP contribution in [0, 0.1) is 27.7 Å². The zero-order chi connectivity index (χ0) is 32.1. The zero-order valence-electron chi connectivity index (χ0n) is 26.6. The lowest BCUT2D eigenvalue weighted by molar-refractivity contribution is 1.10. The van der Waals surface area contributed by atoms with E-state index in [9.17, 15) is 0 Å². The molecule has 8 aromatic rings. The second-order valence-corrected chi connectivity index (χ2v) is 16.9. The first-order valence-corrected chi connectivity index (χ1v) is 18.8. The van der Waals surface area contributed by atoms with E-state index in [1.54, 1.807) is 0 Å². The van der Waals surface area contributed by atoms with E-state index in [4.69, 9.17) is 0 Å². The van der Waals surface area contributed by atoms with Gasteiger partial charge in [-0.15, -0.1) is 45.3 Å². The van der Waals surface area contributed by atoms with Crippen molar-refractivity contribution in [2.45, 2.75) is 27.7 Å². The Morgan fingerprint density at radius 3 is 0.851 bits per heavy atom. The third kappa shape index (κ3) is 5.85. The van der Waals surface area contributed by atoms with E-state index in [2.05, 4.69) is 163 Å². The van der Waals surface area contributed by atoms with E-state index >= 15 is 0 Å². The molecule has 0 aliphatic rings. The summed E-state index contributed by atoms with van der Waals surface area (Å²) < 4.78 is 4.79. The van der Waals surface area contributed by atoms with Crippen LogP contribution in [0.1, 0.15) is 19.5 Å². The highest BCUT2D eigenvalue weighted by Crippen LogP contribution is 2.40. The third-order valence-electron chi connectivity index (χ3n) is 8.27. The molecular weight excluding hydrogens is 651 g/mol. The van der Waals surface area contributed by atoms with Crippen LogP contribution in [0.15, 0.2) is 121 Å². The summed E-state index contributed by atoms with van der Waals surface area (Å²) in [5.74, 6) is 0. The lowest BCUT2D eigenvalue weighted by atomic mass is 10.2. The monoisotopic (exact) mass is 683 g/mol. The van der Waals surface area contributed by atoms with E-state index in [-0.39, 0.29) is 0 Å². The van der Waals surface area contributed by atoms with Crippen LogP contribution in [-0.4, -0.2) is 9.13 Å². The highest BCUT2D eigenvalue weighted by Gasteiger charge is 2.18. The van der Waals surface area contributed by atoms with Gasteiger partial charge in [0, 0.05) is 42.3 Å². The molecule has 7 heteroatoms. The summed E-state index contributed by atoms with van der Waals surface area (Å²) in [6.07, 6.45) is 0. The number of hydrogen-bond donors (Lipinski definition) is 1. The van der Waals surface area contributed by atoms with Gasteiger partial charge in [-0.2, -0.15) is 0 Å². The standard InChI is InChI=1S/C40H33N3S4/c1-25-5-21-37(44-25)33-17-18-34(38-22-6-26(2)45-38)42(33)31-13-9-29(10-14-31)41-30-11-15-32(16-12-30)43-35(39-23-7-27(3)46-39)19-20-36(43)40-24-8-28(4)47-40/h5-24,41H,1-4H3. The van der Waals surface area contributed by atoms with Gasteiger partial charge in [0.25, 0.3) is 0 Å². The number of rotatable bonds is 8. The minimum atomic E-state index is 1.06. The summed E-state index contributed by atoms with van der Waals surface area (Å²) in [4.78, 5) is 10.4. The highest BCUT2D eigenvalue weighted by molar-refractivity contribution is 7.16. The Bertz CT molecular complexity index is 2040. The number of benzene rings is 2. The summed E-state index contributed by atoms with van der Waals surface area (Å²) in [6, 6.07) is 44.3. The van der Waals surface area contributed by atoms with Crippen LogP contribution in [-0.2, 0) is 0 Å². The Kier molecular flexibility index (Phi) is 7.86. The van der Waals surface area contributed by atoms with Crippen molar-refractivity contribution in [3.63, 3.8) is 0 Å². The molecule has 0 amide bonds. The first kappa shape index (κ1) is 30.0. The molecule has 0 fully saturated rings. The van der Waals surface area contributed by atoms with Crippen LogP contribution in [0.2, 0.25) is 0 Å². The number of nitrogens with zero attached hydrogens (tertiary/aromatic N) is 2. The fraction of sp³-hybridized carbons (Fsp3) is 0.100. The molecule has 0 saturated carbocycles. The maximum atomic E-state index is 3.64. The second kappa shape index (κ2) is 12.3. The van der Waals surface area contributed by atoms with Crippen molar-refractivity contribution in [1.29, 1.82) is 0 Å². The fourth-order valence-electron chi connectivity index (χ4n) is 6.04. The normalized spacial score (nSPS) is 11.4. The molecule has 0 bridgehead atoms. The van der Waals surface area contributed by atoms with Gasteiger partial charge in [-0.1, -0.05) is 0 Å². The molecule has 2 aromatic carbocycles. The van der Waals surface area contributed by atoms with Gasteiger partial charge >= 0.3 is 0 Å². The molecule has 0 atom stereocenters. The van der Waals surface area contributed by atoms with Gasteiger partial charge < -0.3 is 14.5 Å². The molecule has 232 valence electrons. The highest BCUT2D eigenvalue weighted by atomic mass is 32.1. The smallest absolute Gasteiger partial charge is 0.0635 e. The maximum absolute atomic E-state index is 3.64. The zero-order valence-corrected chi connectivity index (χ0v) is 29.8. The van der Waals surface area contributed by atoms with Gasteiger partial charge in [-0.3, -0.25) is 0 Å². The third-order valence-corrected chi connectivity index (χ3v) is 12.4. The summed E-state index contributed by atoms with van der Waals surface area (Å²) in [7, 11) is 0. The van der Waals surface area contributed by atoms with Crippen molar-refractivity contribution in [1.82, 2.24) is 9.13 Å². The molecule has 6 heterocycles. The molecule has 47 heavy (non-hydrogen) atoms. The molecule has 0 aliphatic heterocycles.